The Morgan fingerprint density at radius 2 is 1.40 bits per heavy atom. The number of Topliss-reactive ketones (excluding diaryl/α,β-unsaturated/α-hetero) is 1. The standard InChI is InChI=1S/C23H31ClO/c1-5-8-16-21(17-9-6-2)23(25)22(18-10-7-3)19-14-12-11-13-15-20(4)24/h21-22H,4-10,16-18H2,1-3H3. The highest BCUT2D eigenvalue weighted by Crippen LogP contribution is 2.23. The Morgan fingerprint density at radius 1 is 0.880 bits per heavy atom. The van der Waals surface area contributed by atoms with Gasteiger partial charge in [-0.3, -0.25) is 4.79 Å². The molecular weight excluding hydrogens is 328 g/mol. The zero-order valence-corrected chi connectivity index (χ0v) is 16.8. The molecule has 0 aromatic heterocycles. The van der Waals surface area contributed by atoms with Crippen molar-refractivity contribution in [2.45, 2.75) is 78.6 Å². The number of hydrogen-bond acceptors (Lipinski definition) is 1. The fourth-order valence-electron chi connectivity index (χ4n) is 2.59. The average Bonchev–Trinajstić information content (AvgIpc) is 2.59. The molecule has 0 aliphatic carbocycles. The van der Waals surface area contributed by atoms with Gasteiger partial charge in [0.1, 0.15) is 0 Å². The highest BCUT2D eigenvalue weighted by molar-refractivity contribution is 6.31. The maximum atomic E-state index is 13.0. The van der Waals surface area contributed by atoms with Crippen molar-refractivity contribution in [3.05, 3.63) is 11.6 Å². The smallest absolute Gasteiger partial charge is 0.150 e. The van der Waals surface area contributed by atoms with Crippen LogP contribution in [0.5, 0.6) is 0 Å². The van der Waals surface area contributed by atoms with Crippen LogP contribution in [0.1, 0.15) is 78.6 Å². The van der Waals surface area contributed by atoms with Gasteiger partial charge in [-0.25, -0.2) is 0 Å². The minimum absolute atomic E-state index is 0.142. The quantitative estimate of drug-likeness (QED) is 0.406. The lowest BCUT2D eigenvalue weighted by molar-refractivity contribution is -0.125. The first-order chi connectivity index (χ1) is 12.1. The fourth-order valence-corrected chi connectivity index (χ4v) is 2.64. The van der Waals surface area contributed by atoms with Crippen molar-refractivity contribution in [3.8, 4) is 35.5 Å². The van der Waals surface area contributed by atoms with Crippen molar-refractivity contribution in [1.29, 1.82) is 0 Å². The molecule has 0 amide bonds. The molecule has 0 heterocycles. The van der Waals surface area contributed by atoms with Crippen molar-refractivity contribution in [3.63, 3.8) is 0 Å². The Hall–Kier alpha value is -1.62. The summed E-state index contributed by atoms with van der Waals surface area (Å²) in [6, 6.07) is 0. The minimum Gasteiger partial charge on any atom is -0.298 e. The first-order valence-corrected chi connectivity index (χ1v) is 9.84. The van der Waals surface area contributed by atoms with Gasteiger partial charge in [-0.1, -0.05) is 83.4 Å². The van der Waals surface area contributed by atoms with Crippen molar-refractivity contribution in [2.24, 2.45) is 11.8 Å². The molecule has 0 bridgehead atoms. The minimum atomic E-state index is -0.205. The lowest BCUT2D eigenvalue weighted by Crippen LogP contribution is -2.23. The zero-order chi connectivity index (χ0) is 18.9. The molecule has 0 aromatic rings. The molecule has 25 heavy (non-hydrogen) atoms. The Morgan fingerprint density at radius 3 is 1.92 bits per heavy atom. The lowest BCUT2D eigenvalue weighted by atomic mass is 9.83. The largest absolute Gasteiger partial charge is 0.298 e. The first-order valence-electron chi connectivity index (χ1n) is 9.46. The summed E-state index contributed by atoms with van der Waals surface area (Å²) >= 11 is 5.54. The zero-order valence-electron chi connectivity index (χ0n) is 16.0. The van der Waals surface area contributed by atoms with Crippen LogP contribution in [0.2, 0.25) is 0 Å². The third-order valence-corrected chi connectivity index (χ3v) is 4.13. The van der Waals surface area contributed by atoms with Crippen LogP contribution in [0.25, 0.3) is 0 Å². The molecule has 0 fully saturated rings. The molecule has 0 aliphatic heterocycles. The predicted molar refractivity (Wildman–Crippen MR) is 109 cm³/mol. The number of rotatable bonds is 11. The molecule has 0 aliphatic rings. The summed E-state index contributed by atoms with van der Waals surface area (Å²) in [5.74, 6) is 16.6. The van der Waals surface area contributed by atoms with Crippen molar-refractivity contribution >= 4 is 17.4 Å². The maximum Gasteiger partial charge on any atom is 0.150 e. The van der Waals surface area contributed by atoms with E-state index in [-0.39, 0.29) is 16.9 Å². The summed E-state index contributed by atoms with van der Waals surface area (Å²) in [6.45, 7) is 9.94. The number of carbonyl (C=O) groups excluding carboxylic acids is 1. The number of ketones is 1. The van der Waals surface area contributed by atoms with Gasteiger partial charge in [0.15, 0.2) is 5.78 Å². The van der Waals surface area contributed by atoms with E-state index in [0.717, 1.165) is 57.8 Å². The molecule has 2 heteroatoms. The molecule has 0 N–H and O–H groups in total. The lowest BCUT2D eigenvalue weighted by Gasteiger charge is -2.19. The van der Waals surface area contributed by atoms with E-state index in [4.69, 9.17) is 11.6 Å². The summed E-state index contributed by atoms with van der Waals surface area (Å²) in [5, 5.41) is 0.257. The van der Waals surface area contributed by atoms with Crippen LogP contribution in [-0.4, -0.2) is 5.78 Å². The van der Waals surface area contributed by atoms with Crippen molar-refractivity contribution < 1.29 is 4.79 Å². The Kier molecular flexibility index (Phi) is 14.9. The number of halogens is 1. The molecule has 0 saturated carbocycles. The van der Waals surface area contributed by atoms with Crippen LogP contribution in [-0.2, 0) is 4.79 Å². The van der Waals surface area contributed by atoms with Gasteiger partial charge in [-0.15, -0.1) is 0 Å². The number of unbranched alkanes of at least 4 members (excludes halogenated alkanes) is 3. The SMILES string of the molecule is C=C(Cl)C#CC#CC#CC(CCCC)C(=O)C(CCCC)CCCC. The predicted octanol–water partition coefficient (Wildman–Crippen LogP) is 6.12. The number of hydrogen-bond donors (Lipinski definition) is 0. The van der Waals surface area contributed by atoms with E-state index in [1.54, 1.807) is 0 Å². The summed E-state index contributed by atoms with van der Waals surface area (Å²) in [7, 11) is 0. The van der Waals surface area contributed by atoms with Gasteiger partial charge in [-0.2, -0.15) is 0 Å². The third-order valence-electron chi connectivity index (χ3n) is 4.04. The van der Waals surface area contributed by atoms with Gasteiger partial charge in [0.05, 0.1) is 11.0 Å². The topological polar surface area (TPSA) is 17.1 Å². The van der Waals surface area contributed by atoms with E-state index < -0.39 is 0 Å². The molecular formula is C23H31ClO. The fraction of sp³-hybridized carbons (Fsp3) is 0.609. The van der Waals surface area contributed by atoms with E-state index in [9.17, 15) is 4.79 Å². The van der Waals surface area contributed by atoms with Gasteiger partial charge < -0.3 is 0 Å². The molecule has 1 atom stereocenters. The summed E-state index contributed by atoms with van der Waals surface area (Å²) in [6.07, 6.45) is 9.31. The molecule has 136 valence electrons. The van der Waals surface area contributed by atoms with Crippen molar-refractivity contribution in [1.82, 2.24) is 0 Å². The average molecular weight is 359 g/mol. The second kappa shape index (κ2) is 15.9. The number of allylic oxidation sites excluding steroid dienone is 1. The third kappa shape index (κ3) is 12.4. The summed E-state index contributed by atoms with van der Waals surface area (Å²) in [5.41, 5.74) is 0. The van der Waals surface area contributed by atoms with E-state index >= 15 is 0 Å². The van der Waals surface area contributed by atoms with Gasteiger partial charge in [-0.05, 0) is 48.9 Å². The molecule has 0 saturated heterocycles. The molecule has 0 aromatic carbocycles. The van der Waals surface area contributed by atoms with Gasteiger partial charge in [0.2, 0.25) is 0 Å². The molecule has 0 radical (unpaired) electrons. The monoisotopic (exact) mass is 358 g/mol. The summed E-state index contributed by atoms with van der Waals surface area (Å²) < 4.78 is 0. The molecule has 0 rings (SSSR count). The van der Waals surface area contributed by atoms with Crippen LogP contribution in [0.4, 0.5) is 0 Å². The van der Waals surface area contributed by atoms with E-state index in [0.29, 0.717) is 5.78 Å². The maximum absolute atomic E-state index is 13.0. The first kappa shape index (κ1) is 23.4. The molecule has 1 unspecified atom stereocenters. The number of carbonyl (C=O) groups is 1. The van der Waals surface area contributed by atoms with Crippen molar-refractivity contribution in [2.75, 3.05) is 0 Å². The van der Waals surface area contributed by atoms with Crippen LogP contribution < -0.4 is 0 Å². The van der Waals surface area contributed by atoms with Crippen LogP contribution >= 0.6 is 11.6 Å². The highest BCUT2D eigenvalue weighted by atomic mass is 35.5. The summed E-state index contributed by atoms with van der Waals surface area (Å²) in [4.78, 5) is 13.0. The Balaban J connectivity index is 5.10. The second-order valence-electron chi connectivity index (χ2n) is 6.25. The van der Waals surface area contributed by atoms with Gasteiger partial charge >= 0.3 is 0 Å². The van der Waals surface area contributed by atoms with Gasteiger partial charge in [0.25, 0.3) is 0 Å². The van der Waals surface area contributed by atoms with Crippen LogP contribution in [0.15, 0.2) is 11.6 Å². The van der Waals surface area contributed by atoms with E-state index in [1.165, 1.54) is 0 Å². The Labute approximate surface area is 160 Å². The normalized spacial score (nSPS) is 10.6. The van der Waals surface area contributed by atoms with E-state index in [2.05, 4.69) is 62.9 Å². The van der Waals surface area contributed by atoms with Crippen LogP contribution in [0.3, 0.4) is 0 Å². The Bertz CT molecular complexity index is 575. The second-order valence-corrected chi connectivity index (χ2v) is 6.71. The highest BCUT2D eigenvalue weighted by Gasteiger charge is 2.24. The molecule has 1 nitrogen and oxygen atoms in total. The van der Waals surface area contributed by atoms with E-state index in [1.807, 2.05) is 0 Å². The molecule has 0 spiro atoms. The van der Waals surface area contributed by atoms with Gasteiger partial charge in [0, 0.05) is 5.92 Å². The van der Waals surface area contributed by atoms with Crippen LogP contribution in [0, 0.1) is 47.4 Å².